The fraction of sp³-hybridized carbons (Fsp3) is 0.238. The molecule has 0 radical (unpaired) electrons. The van der Waals surface area contributed by atoms with E-state index in [0.29, 0.717) is 40.4 Å². The Hall–Kier alpha value is -3.33. The smallest absolute Gasteiger partial charge is 0.255 e. The molecule has 2 aliphatic rings. The summed E-state index contributed by atoms with van der Waals surface area (Å²) in [6, 6.07) is 9.78. The van der Waals surface area contributed by atoms with Gasteiger partial charge in [-0.2, -0.15) is 0 Å². The molecular formula is C21H17FN4O3S. The zero-order valence-electron chi connectivity index (χ0n) is 15.8. The summed E-state index contributed by atoms with van der Waals surface area (Å²) in [7, 11) is 0. The number of rotatable bonds is 4. The number of hydrogen-bond acceptors (Lipinski definition) is 6. The van der Waals surface area contributed by atoms with Crippen LogP contribution in [-0.4, -0.2) is 33.6 Å². The second-order valence-corrected chi connectivity index (χ2v) is 8.35. The average Bonchev–Trinajstić information content (AvgIpc) is 3.29. The highest BCUT2D eigenvalue weighted by atomic mass is 32.1. The number of anilines is 1. The molecule has 1 aromatic heterocycles. The number of imide groups is 1. The van der Waals surface area contributed by atoms with Gasteiger partial charge in [-0.25, -0.2) is 9.37 Å². The number of amides is 3. The quantitative estimate of drug-likeness (QED) is 0.629. The van der Waals surface area contributed by atoms with E-state index in [4.69, 9.17) is 0 Å². The number of carbonyl (C=O) groups excluding carboxylic acids is 3. The van der Waals surface area contributed by atoms with Crippen LogP contribution in [0.1, 0.15) is 34.3 Å². The minimum absolute atomic E-state index is 0.205. The minimum Gasteiger partial charge on any atom is -0.357 e. The maximum absolute atomic E-state index is 13.8. The van der Waals surface area contributed by atoms with Crippen molar-refractivity contribution in [3.8, 4) is 0 Å². The van der Waals surface area contributed by atoms with Crippen molar-refractivity contribution in [2.45, 2.75) is 32.0 Å². The lowest BCUT2D eigenvalue weighted by Gasteiger charge is -2.29. The number of nitrogens with zero attached hydrogens (tertiary/aromatic N) is 2. The summed E-state index contributed by atoms with van der Waals surface area (Å²) in [5.74, 6) is -1.22. The lowest BCUT2D eigenvalue weighted by molar-refractivity contribution is -0.136. The first-order valence-electron chi connectivity index (χ1n) is 9.55. The van der Waals surface area contributed by atoms with Crippen LogP contribution >= 0.6 is 11.3 Å². The molecule has 7 nitrogen and oxygen atoms in total. The second-order valence-electron chi connectivity index (χ2n) is 7.35. The molecule has 0 aliphatic carbocycles. The maximum Gasteiger partial charge on any atom is 0.255 e. The van der Waals surface area contributed by atoms with Gasteiger partial charge in [-0.15, -0.1) is 0 Å². The minimum atomic E-state index is -0.623. The third kappa shape index (κ3) is 3.21. The summed E-state index contributed by atoms with van der Waals surface area (Å²) >= 11 is 1.24. The molecule has 3 amide bonds. The molecule has 1 unspecified atom stereocenters. The first-order chi connectivity index (χ1) is 14.5. The first-order valence-corrected chi connectivity index (χ1v) is 10.4. The number of aromatic nitrogens is 1. The third-order valence-electron chi connectivity index (χ3n) is 5.40. The average molecular weight is 424 g/mol. The van der Waals surface area contributed by atoms with E-state index in [2.05, 4.69) is 15.6 Å². The highest BCUT2D eigenvalue weighted by Gasteiger charge is 2.39. The van der Waals surface area contributed by atoms with E-state index in [1.807, 2.05) is 18.2 Å². The van der Waals surface area contributed by atoms with Gasteiger partial charge in [0.15, 0.2) is 5.13 Å². The first kappa shape index (κ1) is 18.7. The number of carbonyl (C=O) groups is 3. The van der Waals surface area contributed by atoms with Crippen LogP contribution in [0.2, 0.25) is 0 Å². The van der Waals surface area contributed by atoms with Crippen molar-refractivity contribution in [3.63, 3.8) is 0 Å². The molecule has 2 N–H and O–H groups in total. The predicted molar refractivity (Wildman–Crippen MR) is 109 cm³/mol. The lowest BCUT2D eigenvalue weighted by Crippen LogP contribution is -2.52. The fourth-order valence-electron chi connectivity index (χ4n) is 3.88. The molecule has 1 fully saturated rings. The molecule has 2 aromatic carbocycles. The van der Waals surface area contributed by atoms with Crippen LogP contribution in [0.3, 0.4) is 0 Å². The Morgan fingerprint density at radius 3 is 2.90 bits per heavy atom. The van der Waals surface area contributed by atoms with Crippen molar-refractivity contribution in [1.29, 1.82) is 0 Å². The van der Waals surface area contributed by atoms with Gasteiger partial charge < -0.3 is 10.2 Å². The summed E-state index contributed by atoms with van der Waals surface area (Å²) in [5, 5.41) is 6.09. The van der Waals surface area contributed by atoms with E-state index in [9.17, 15) is 18.8 Å². The Labute approximate surface area is 174 Å². The predicted octanol–water partition coefficient (Wildman–Crippen LogP) is 2.81. The van der Waals surface area contributed by atoms with Crippen molar-refractivity contribution >= 4 is 44.4 Å². The van der Waals surface area contributed by atoms with Crippen molar-refractivity contribution in [2.75, 3.05) is 5.32 Å². The number of hydrogen-bond donors (Lipinski definition) is 2. The van der Waals surface area contributed by atoms with Gasteiger partial charge in [0.25, 0.3) is 5.91 Å². The van der Waals surface area contributed by atoms with Crippen molar-refractivity contribution in [1.82, 2.24) is 15.2 Å². The van der Waals surface area contributed by atoms with E-state index in [1.54, 1.807) is 12.1 Å². The number of fused-ring (bicyclic) bond motifs is 2. The molecule has 0 spiro atoms. The van der Waals surface area contributed by atoms with Gasteiger partial charge in [0.1, 0.15) is 11.9 Å². The van der Waals surface area contributed by atoms with Crippen molar-refractivity contribution in [3.05, 3.63) is 58.9 Å². The molecule has 30 heavy (non-hydrogen) atoms. The van der Waals surface area contributed by atoms with E-state index in [-0.39, 0.29) is 24.1 Å². The van der Waals surface area contributed by atoms with Gasteiger partial charge in [-0.1, -0.05) is 29.5 Å². The Morgan fingerprint density at radius 1 is 1.23 bits per heavy atom. The fourth-order valence-corrected chi connectivity index (χ4v) is 4.75. The normalized spacial score (nSPS) is 18.6. The molecule has 3 heterocycles. The standard InChI is InChI=1S/C21H17FN4O3S/c22-14-2-1-3-15-18(14)30-21(24-15)23-9-11-4-5-12-10-26(20(29)13(12)8-11)16-6-7-17(27)25-19(16)28/h1-5,8,16H,6-7,9-10H2,(H,23,24)(H,25,27,28). The van der Waals surface area contributed by atoms with Crippen molar-refractivity contribution in [2.24, 2.45) is 0 Å². The van der Waals surface area contributed by atoms with Gasteiger partial charge in [0.05, 0.1) is 10.2 Å². The Bertz CT molecular complexity index is 1210. The molecule has 0 saturated carbocycles. The molecule has 9 heteroatoms. The Balaban J connectivity index is 1.31. The molecule has 3 aromatic rings. The molecule has 152 valence electrons. The maximum atomic E-state index is 13.8. The topological polar surface area (TPSA) is 91.4 Å². The zero-order valence-corrected chi connectivity index (χ0v) is 16.6. The van der Waals surface area contributed by atoms with Crippen LogP contribution in [0.5, 0.6) is 0 Å². The molecule has 5 rings (SSSR count). The molecule has 1 atom stereocenters. The summed E-state index contributed by atoms with van der Waals surface area (Å²) in [5.41, 5.74) is 2.91. The van der Waals surface area contributed by atoms with Crippen LogP contribution in [0.15, 0.2) is 36.4 Å². The highest BCUT2D eigenvalue weighted by molar-refractivity contribution is 7.22. The molecule has 1 saturated heterocycles. The third-order valence-corrected chi connectivity index (χ3v) is 6.44. The monoisotopic (exact) mass is 424 g/mol. The van der Waals surface area contributed by atoms with Crippen LogP contribution in [0.25, 0.3) is 10.2 Å². The van der Waals surface area contributed by atoms with Crippen LogP contribution in [0, 0.1) is 5.82 Å². The second kappa shape index (κ2) is 7.17. The van der Waals surface area contributed by atoms with E-state index < -0.39 is 11.9 Å². The highest BCUT2D eigenvalue weighted by Crippen LogP contribution is 2.30. The van der Waals surface area contributed by atoms with Crippen LogP contribution in [0.4, 0.5) is 9.52 Å². The van der Waals surface area contributed by atoms with E-state index in [0.717, 1.165) is 11.1 Å². The van der Waals surface area contributed by atoms with Crippen molar-refractivity contribution < 1.29 is 18.8 Å². The summed E-state index contributed by atoms with van der Waals surface area (Å²) < 4.78 is 14.4. The van der Waals surface area contributed by atoms with Gasteiger partial charge in [-0.05, 0) is 35.7 Å². The van der Waals surface area contributed by atoms with Gasteiger partial charge in [-0.3, -0.25) is 19.7 Å². The summed E-state index contributed by atoms with van der Waals surface area (Å²) in [6.45, 7) is 0.783. The zero-order chi connectivity index (χ0) is 20.8. The number of halogens is 1. The lowest BCUT2D eigenvalue weighted by atomic mass is 10.0. The van der Waals surface area contributed by atoms with E-state index in [1.165, 1.54) is 22.3 Å². The molecular weight excluding hydrogens is 407 g/mol. The van der Waals surface area contributed by atoms with Gasteiger partial charge >= 0.3 is 0 Å². The number of nitrogens with one attached hydrogen (secondary N) is 2. The Morgan fingerprint density at radius 2 is 2.10 bits per heavy atom. The molecule has 2 aliphatic heterocycles. The largest absolute Gasteiger partial charge is 0.357 e. The van der Waals surface area contributed by atoms with Gasteiger partial charge in [0.2, 0.25) is 11.8 Å². The van der Waals surface area contributed by atoms with Crippen LogP contribution in [-0.2, 0) is 22.7 Å². The van der Waals surface area contributed by atoms with E-state index >= 15 is 0 Å². The number of benzene rings is 2. The molecule has 0 bridgehead atoms. The number of thiazole rings is 1. The van der Waals surface area contributed by atoms with Crippen LogP contribution < -0.4 is 10.6 Å². The summed E-state index contributed by atoms with van der Waals surface area (Å²) in [4.78, 5) is 42.3. The SMILES string of the molecule is O=C1CCC(N2Cc3ccc(CNc4nc5cccc(F)c5s4)cc3C2=O)C(=O)N1. The van der Waals surface area contributed by atoms with Gasteiger partial charge in [0, 0.05) is 25.1 Å². The number of piperidine rings is 1. The summed E-state index contributed by atoms with van der Waals surface area (Å²) in [6.07, 6.45) is 0.571. The Kier molecular flexibility index (Phi) is 4.47.